The smallest absolute Gasteiger partial charge is 0.314 e. The van der Waals surface area contributed by atoms with E-state index in [2.05, 4.69) is 5.32 Å². The van der Waals surface area contributed by atoms with Gasteiger partial charge in [-0.3, -0.25) is 9.29 Å². The lowest BCUT2D eigenvalue weighted by atomic mass is 9.95. The maximum Gasteiger partial charge on any atom is 0.416 e. The number of halogens is 6. The van der Waals surface area contributed by atoms with E-state index in [1.807, 2.05) is 0 Å². The summed E-state index contributed by atoms with van der Waals surface area (Å²) in [5.41, 5.74) is -1.45. The molecule has 0 aromatic heterocycles. The van der Waals surface area contributed by atoms with Crippen molar-refractivity contribution in [1.82, 2.24) is 10.2 Å². The lowest BCUT2D eigenvalue weighted by Crippen LogP contribution is -2.45. The van der Waals surface area contributed by atoms with Gasteiger partial charge in [-0.2, -0.15) is 13.2 Å². The minimum Gasteiger partial charge on any atom is -0.314 e. The average Bonchev–Trinajstić information content (AvgIpc) is 2.45. The van der Waals surface area contributed by atoms with Crippen LogP contribution in [0.2, 0.25) is 0 Å². The van der Waals surface area contributed by atoms with Crippen molar-refractivity contribution < 1.29 is 22.0 Å². The van der Waals surface area contributed by atoms with Crippen molar-refractivity contribution in [2.45, 2.75) is 18.6 Å². The Labute approximate surface area is 132 Å². The summed E-state index contributed by atoms with van der Waals surface area (Å²) in [4.78, 5) is 1.71. The maximum absolute atomic E-state index is 14.0. The number of nitrogens with zero attached hydrogens (tertiary/aromatic N) is 1. The van der Waals surface area contributed by atoms with Crippen molar-refractivity contribution in [3.8, 4) is 0 Å². The highest BCUT2D eigenvalue weighted by atomic mass is 35.5. The molecule has 8 heteroatoms. The van der Waals surface area contributed by atoms with E-state index >= 15 is 0 Å². The molecule has 2 nitrogen and oxygen atoms in total. The Bertz CT molecular complexity index is 475. The van der Waals surface area contributed by atoms with E-state index in [4.69, 9.17) is 0 Å². The minimum absolute atomic E-state index is 0. The first-order chi connectivity index (χ1) is 9.95. The molecule has 0 radical (unpaired) electrons. The van der Waals surface area contributed by atoms with Gasteiger partial charge in [0.05, 0.1) is 12.2 Å². The zero-order valence-electron chi connectivity index (χ0n) is 11.8. The summed E-state index contributed by atoms with van der Waals surface area (Å²) in [6.45, 7) is 1.34. The third-order valence-corrected chi connectivity index (χ3v) is 3.67. The van der Waals surface area contributed by atoms with Crippen molar-refractivity contribution in [1.29, 1.82) is 0 Å². The van der Waals surface area contributed by atoms with Gasteiger partial charge in [0.15, 0.2) is 0 Å². The summed E-state index contributed by atoms with van der Waals surface area (Å²) in [6.07, 6.45) is -4.80. The Morgan fingerprint density at radius 3 is 2.36 bits per heavy atom. The summed E-state index contributed by atoms with van der Waals surface area (Å²) in [6, 6.07) is 1.99. The fourth-order valence-corrected chi connectivity index (χ4v) is 2.73. The molecule has 1 aromatic rings. The van der Waals surface area contributed by atoms with E-state index in [9.17, 15) is 22.0 Å². The van der Waals surface area contributed by atoms with Gasteiger partial charge in [0.1, 0.15) is 5.82 Å². The maximum atomic E-state index is 14.0. The van der Waals surface area contributed by atoms with Gasteiger partial charge in [0.2, 0.25) is 0 Å². The predicted octanol–water partition coefficient (Wildman–Crippen LogP) is 3.57. The fraction of sp³-hybridized carbons (Fsp3) is 0.571. The molecule has 1 saturated heterocycles. The number of piperazine rings is 1. The van der Waals surface area contributed by atoms with Gasteiger partial charge in [0.25, 0.3) is 0 Å². The monoisotopic (exact) mass is 344 g/mol. The quantitative estimate of drug-likeness (QED) is 0.840. The first-order valence-electron chi connectivity index (χ1n) is 6.81. The first kappa shape index (κ1) is 19.1. The van der Waals surface area contributed by atoms with E-state index in [0.29, 0.717) is 26.2 Å². The van der Waals surface area contributed by atoms with Crippen molar-refractivity contribution in [2.75, 3.05) is 32.9 Å². The molecular formula is C14H18ClF5N2. The first-order valence-corrected chi connectivity index (χ1v) is 6.81. The molecule has 1 atom stereocenters. The van der Waals surface area contributed by atoms with Crippen molar-refractivity contribution in [3.05, 3.63) is 35.1 Å². The highest BCUT2D eigenvalue weighted by Crippen LogP contribution is 2.39. The number of rotatable bonds is 4. The molecule has 1 aromatic carbocycles. The van der Waals surface area contributed by atoms with Crippen LogP contribution < -0.4 is 5.32 Å². The van der Waals surface area contributed by atoms with Gasteiger partial charge in [-0.25, -0.2) is 4.39 Å². The Morgan fingerprint density at radius 1 is 1.18 bits per heavy atom. The van der Waals surface area contributed by atoms with Gasteiger partial charge < -0.3 is 5.32 Å². The topological polar surface area (TPSA) is 15.3 Å². The van der Waals surface area contributed by atoms with Crippen molar-refractivity contribution in [2.24, 2.45) is 0 Å². The molecule has 0 amide bonds. The van der Waals surface area contributed by atoms with Crippen LogP contribution in [0.4, 0.5) is 22.0 Å². The lowest BCUT2D eigenvalue weighted by molar-refractivity contribution is -0.139. The molecule has 22 heavy (non-hydrogen) atoms. The van der Waals surface area contributed by atoms with E-state index in [0.717, 1.165) is 18.2 Å². The molecule has 1 aliphatic heterocycles. The molecule has 0 aliphatic carbocycles. The Morgan fingerprint density at radius 2 is 1.82 bits per heavy atom. The van der Waals surface area contributed by atoms with Gasteiger partial charge in [0, 0.05) is 37.8 Å². The van der Waals surface area contributed by atoms with Crippen LogP contribution in [0.5, 0.6) is 0 Å². The standard InChI is InChI=1S/C14H17F5N2.ClH/c15-5-4-12(21-8-6-20-7-9-21)13-10(14(17,18)19)2-1-3-11(13)16;/h1-3,12,20H,4-9H2;1H/t12-;/m1./s1. The summed E-state index contributed by atoms with van der Waals surface area (Å²) >= 11 is 0. The Hall–Kier alpha value is -0.920. The van der Waals surface area contributed by atoms with E-state index < -0.39 is 35.8 Å². The molecule has 0 saturated carbocycles. The SMILES string of the molecule is Cl.FCC[C@H](c1c(F)cccc1C(F)(F)F)N1CCNCC1. The minimum atomic E-state index is -4.65. The number of hydrogen-bond donors (Lipinski definition) is 1. The normalized spacial score (nSPS) is 17.9. The van der Waals surface area contributed by atoms with Crippen LogP contribution in [0, 0.1) is 5.82 Å². The average molecular weight is 345 g/mol. The molecule has 126 valence electrons. The van der Waals surface area contributed by atoms with E-state index in [1.165, 1.54) is 0 Å². The molecule has 1 N–H and O–H groups in total. The summed E-state index contributed by atoms with van der Waals surface area (Å²) < 4.78 is 66.2. The molecule has 1 fully saturated rings. The van der Waals surface area contributed by atoms with Crippen LogP contribution in [0.15, 0.2) is 18.2 Å². The highest BCUT2D eigenvalue weighted by Gasteiger charge is 2.38. The predicted molar refractivity (Wildman–Crippen MR) is 76.4 cm³/mol. The lowest BCUT2D eigenvalue weighted by Gasteiger charge is -2.36. The van der Waals surface area contributed by atoms with Gasteiger partial charge in [-0.1, -0.05) is 6.07 Å². The molecule has 0 bridgehead atoms. The molecule has 2 rings (SSSR count). The molecule has 1 heterocycles. The Kier molecular flexibility index (Phi) is 7.02. The Balaban J connectivity index is 0.00000242. The summed E-state index contributed by atoms with van der Waals surface area (Å²) in [7, 11) is 0. The summed E-state index contributed by atoms with van der Waals surface area (Å²) in [5.74, 6) is -0.929. The molecule has 0 unspecified atom stereocenters. The number of alkyl halides is 4. The van der Waals surface area contributed by atoms with Crippen molar-refractivity contribution >= 4 is 12.4 Å². The highest BCUT2D eigenvalue weighted by molar-refractivity contribution is 5.85. The third-order valence-electron chi connectivity index (χ3n) is 3.67. The van der Waals surface area contributed by atoms with Gasteiger partial charge in [-0.05, 0) is 18.6 Å². The second kappa shape index (κ2) is 8.08. The number of nitrogens with one attached hydrogen (secondary N) is 1. The molecular weight excluding hydrogens is 327 g/mol. The fourth-order valence-electron chi connectivity index (χ4n) is 2.73. The van der Waals surface area contributed by atoms with Crippen LogP contribution in [0.25, 0.3) is 0 Å². The third kappa shape index (κ3) is 4.30. The zero-order chi connectivity index (χ0) is 15.5. The van der Waals surface area contributed by atoms with Gasteiger partial charge in [-0.15, -0.1) is 12.4 Å². The van der Waals surface area contributed by atoms with Crippen LogP contribution in [-0.2, 0) is 6.18 Å². The number of benzene rings is 1. The van der Waals surface area contributed by atoms with Crippen LogP contribution in [-0.4, -0.2) is 37.8 Å². The second-order valence-electron chi connectivity index (χ2n) is 4.98. The van der Waals surface area contributed by atoms with Crippen molar-refractivity contribution in [3.63, 3.8) is 0 Å². The van der Waals surface area contributed by atoms with E-state index in [1.54, 1.807) is 4.90 Å². The van der Waals surface area contributed by atoms with Crippen LogP contribution >= 0.6 is 12.4 Å². The van der Waals surface area contributed by atoms with Crippen LogP contribution in [0.1, 0.15) is 23.6 Å². The molecule has 1 aliphatic rings. The second-order valence-corrected chi connectivity index (χ2v) is 4.98. The van der Waals surface area contributed by atoms with E-state index in [-0.39, 0.29) is 18.8 Å². The van der Waals surface area contributed by atoms with Gasteiger partial charge >= 0.3 is 6.18 Å². The van der Waals surface area contributed by atoms with Crippen LogP contribution in [0.3, 0.4) is 0 Å². The zero-order valence-corrected chi connectivity index (χ0v) is 12.6. The number of hydrogen-bond acceptors (Lipinski definition) is 2. The molecule has 0 spiro atoms. The summed E-state index contributed by atoms with van der Waals surface area (Å²) in [5, 5.41) is 3.07. The largest absolute Gasteiger partial charge is 0.416 e.